The highest BCUT2D eigenvalue weighted by Crippen LogP contribution is 2.60. The van der Waals surface area contributed by atoms with E-state index in [1.807, 2.05) is 0 Å². The van der Waals surface area contributed by atoms with Crippen LogP contribution < -0.4 is 10.1 Å². The van der Waals surface area contributed by atoms with Gasteiger partial charge in [-0.1, -0.05) is 190 Å². The number of hydrogen-bond acceptors (Lipinski definition) is 2. The second-order valence-electron chi connectivity index (χ2n) is 25.3. The Morgan fingerprint density at radius 3 is 1.45 bits per heavy atom. The van der Waals surface area contributed by atoms with Crippen molar-refractivity contribution in [2.75, 3.05) is 4.90 Å². The third-order valence-corrected chi connectivity index (χ3v) is 20.7. The molecule has 15 rings (SSSR count). The zero-order valence-corrected chi connectivity index (χ0v) is 45.5. The fourth-order valence-electron chi connectivity index (χ4n) is 14.8. The lowest BCUT2D eigenvalue weighted by molar-refractivity contribution is 0.652. The van der Waals surface area contributed by atoms with Crippen molar-refractivity contribution in [2.45, 2.75) is 96.7 Å². The molecule has 3 heteroatoms. The van der Waals surface area contributed by atoms with Crippen LogP contribution in [0.2, 0.25) is 19.6 Å². The van der Waals surface area contributed by atoms with Crippen LogP contribution in [-0.2, 0) is 21.7 Å². The molecule has 11 aromatic rings. The third-order valence-electron chi connectivity index (χ3n) is 18.7. The summed E-state index contributed by atoms with van der Waals surface area (Å²) in [6.45, 7) is 26.7. The predicted octanol–water partition coefficient (Wildman–Crippen LogP) is 19.1. The largest absolute Gasteiger partial charge is 0.454 e. The highest BCUT2D eigenvalue weighted by atomic mass is 28.3. The molecule has 0 radical (unpaired) electrons. The van der Waals surface area contributed by atoms with Gasteiger partial charge >= 0.3 is 0 Å². The summed E-state index contributed by atoms with van der Waals surface area (Å²) in [5.74, 6) is 0. The average Bonchev–Trinajstić information content (AvgIpc) is 4.09. The second-order valence-corrected chi connectivity index (χ2v) is 30.3. The van der Waals surface area contributed by atoms with Crippen molar-refractivity contribution in [1.29, 1.82) is 0 Å². The average molecular weight is 972 g/mol. The van der Waals surface area contributed by atoms with Crippen molar-refractivity contribution < 1.29 is 4.42 Å². The standard InChI is InChI=1S/C71H61NOSi/c1-68(2)55-33-27-40-18-12-14-20-44(40)64(55)54-39-59-52(37-61(54)68)47-32-29-43(35-57(47)70(59,5)6)72(62-24-16-22-49-50-23-17-25-63(74(9,10)11)67(50)73-66(49)62)42-28-31-46-51-36-60-53(38-58(51)69(3,4)56(46)34-42)48-30-26-41-19-13-15-21-45(41)65(48)71(60,7)8/h12-39H,1-11H3. The van der Waals surface area contributed by atoms with Crippen LogP contribution in [0.1, 0.15) is 99.9 Å². The Bertz CT molecular complexity index is 4360. The first-order valence-corrected chi connectivity index (χ1v) is 30.3. The van der Waals surface area contributed by atoms with Crippen LogP contribution in [0.25, 0.3) is 88.0 Å². The molecule has 74 heavy (non-hydrogen) atoms. The predicted molar refractivity (Wildman–Crippen MR) is 317 cm³/mol. The Labute approximate surface area is 436 Å². The van der Waals surface area contributed by atoms with Gasteiger partial charge in [0.15, 0.2) is 5.58 Å². The quantitative estimate of drug-likeness (QED) is 0.163. The molecule has 0 amide bonds. The highest BCUT2D eigenvalue weighted by Gasteiger charge is 2.45. The Morgan fingerprint density at radius 1 is 0.351 bits per heavy atom. The maximum Gasteiger partial charge on any atom is 0.159 e. The molecule has 10 aromatic carbocycles. The van der Waals surface area contributed by atoms with Gasteiger partial charge in [-0.3, -0.25) is 0 Å². The van der Waals surface area contributed by atoms with Crippen LogP contribution in [0.15, 0.2) is 174 Å². The number of para-hydroxylation sites is 2. The summed E-state index contributed by atoms with van der Waals surface area (Å²) >= 11 is 0. The third kappa shape index (κ3) is 5.56. The molecule has 0 aliphatic heterocycles. The molecule has 0 atom stereocenters. The van der Waals surface area contributed by atoms with Crippen LogP contribution >= 0.6 is 0 Å². The van der Waals surface area contributed by atoms with Crippen molar-refractivity contribution in [3.63, 3.8) is 0 Å². The normalized spacial score (nSPS) is 16.5. The highest BCUT2D eigenvalue weighted by molar-refractivity contribution is 6.90. The van der Waals surface area contributed by atoms with Gasteiger partial charge in [-0.2, -0.15) is 0 Å². The molecule has 0 unspecified atom stereocenters. The van der Waals surface area contributed by atoms with E-state index in [-0.39, 0.29) is 21.7 Å². The van der Waals surface area contributed by atoms with Gasteiger partial charge in [0.1, 0.15) is 5.58 Å². The van der Waals surface area contributed by atoms with Crippen molar-refractivity contribution in [3.8, 4) is 44.5 Å². The van der Waals surface area contributed by atoms with E-state index in [4.69, 9.17) is 4.42 Å². The zero-order valence-electron chi connectivity index (χ0n) is 44.5. The first-order valence-electron chi connectivity index (χ1n) is 26.8. The van der Waals surface area contributed by atoms with Gasteiger partial charge in [-0.25, -0.2) is 0 Å². The fourth-order valence-corrected chi connectivity index (χ4v) is 16.3. The van der Waals surface area contributed by atoms with Crippen molar-refractivity contribution in [1.82, 2.24) is 0 Å². The van der Waals surface area contributed by atoms with E-state index < -0.39 is 8.07 Å². The van der Waals surface area contributed by atoms with Crippen molar-refractivity contribution in [2.24, 2.45) is 0 Å². The molecule has 4 aliphatic carbocycles. The number of anilines is 3. The number of hydrogen-bond donors (Lipinski definition) is 0. The lowest BCUT2D eigenvalue weighted by atomic mass is 9.78. The number of rotatable bonds is 4. The minimum absolute atomic E-state index is 0.120. The zero-order chi connectivity index (χ0) is 50.7. The first kappa shape index (κ1) is 44.1. The molecule has 0 bridgehead atoms. The summed E-state index contributed by atoms with van der Waals surface area (Å²) in [4.78, 5) is 2.51. The Balaban J connectivity index is 0.918. The van der Waals surface area contributed by atoms with Gasteiger partial charge in [0.25, 0.3) is 0 Å². The molecular weight excluding hydrogens is 911 g/mol. The van der Waals surface area contributed by atoms with E-state index in [1.165, 1.54) is 121 Å². The topological polar surface area (TPSA) is 16.4 Å². The van der Waals surface area contributed by atoms with Crippen LogP contribution in [0, 0.1) is 0 Å². The van der Waals surface area contributed by atoms with Crippen molar-refractivity contribution in [3.05, 3.63) is 214 Å². The molecule has 0 fully saturated rings. The van der Waals surface area contributed by atoms with Gasteiger partial charge in [0.2, 0.25) is 0 Å². The molecule has 1 heterocycles. The summed E-state index contributed by atoms with van der Waals surface area (Å²) in [6, 6.07) is 65.6. The van der Waals surface area contributed by atoms with E-state index in [9.17, 15) is 0 Å². The Hall–Kier alpha value is -7.46. The van der Waals surface area contributed by atoms with Crippen LogP contribution in [0.5, 0.6) is 0 Å². The van der Waals surface area contributed by atoms with E-state index >= 15 is 0 Å². The maximum atomic E-state index is 7.27. The maximum absolute atomic E-state index is 7.27. The molecule has 0 N–H and O–H groups in total. The molecule has 360 valence electrons. The second kappa shape index (κ2) is 14.2. The SMILES string of the molecule is CC1(C)c2cc(N(c3ccc4c(c3)C(C)(C)c3cc5c(cc3-4)C(C)(C)c3c-5ccc4ccccc34)c3cccc4c3oc3c([Si](C)(C)C)cccc34)ccc2-c2cc3c(cc21)-c1c(ccc2ccccc12)C3(C)C. The fraction of sp³-hybridized carbons (Fsp3) is 0.211. The Kier molecular flexibility index (Phi) is 8.47. The minimum atomic E-state index is -1.76. The van der Waals surface area contributed by atoms with E-state index in [0.717, 1.165) is 33.6 Å². The van der Waals surface area contributed by atoms with E-state index in [2.05, 4.69) is 250 Å². The molecule has 1 aromatic heterocycles. The molecule has 0 spiro atoms. The van der Waals surface area contributed by atoms with Gasteiger partial charge < -0.3 is 9.32 Å². The summed E-state index contributed by atoms with van der Waals surface area (Å²) in [5.41, 5.74) is 26.6. The first-order chi connectivity index (χ1) is 35.3. The summed E-state index contributed by atoms with van der Waals surface area (Å²) in [5, 5.41) is 9.00. The van der Waals surface area contributed by atoms with Gasteiger partial charge in [-0.15, -0.1) is 0 Å². The van der Waals surface area contributed by atoms with Gasteiger partial charge in [0, 0.05) is 43.8 Å². The lowest BCUT2D eigenvalue weighted by Gasteiger charge is -2.29. The molecule has 0 saturated carbocycles. The number of nitrogens with zero attached hydrogens (tertiary/aromatic N) is 1. The molecule has 0 saturated heterocycles. The van der Waals surface area contributed by atoms with E-state index in [0.29, 0.717) is 0 Å². The molecule has 4 aliphatic rings. The summed E-state index contributed by atoms with van der Waals surface area (Å²) in [7, 11) is -1.76. The summed E-state index contributed by atoms with van der Waals surface area (Å²) < 4.78 is 7.27. The molecular formula is C71H61NOSi. The summed E-state index contributed by atoms with van der Waals surface area (Å²) in [6.07, 6.45) is 0. The van der Waals surface area contributed by atoms with Crippen LogP contribution in [0.3, 0.4) is 0 Å². The van der Waals surface area contributed by atoms with Crippen LogP contribution in [-0.4, -0.2) is 8.07 Å². The number of furan rings is 1. The minimum Gasteiger partial charge on any atom is -0.454 e. The van der Waals surface area contributed by atoms with Crippen LogP contribution in [0.4, 0.5) is 17.1 Å². The smallest absolute Gasteiger partial charge is 0.159 e. The lowest BCUT2D eigenvalue weighted by Crippen LogP contribution is -2.37. The molecule has 2 nitrogen and oxygen atoms in total. The monoisotopic (exact) mass is 971 g/mol. The van der Waals surface area contributed by atoms with Gasteiger partial charge in [0.05, 0.1) is 13.8 Å². The van der Waals surface area contributed by atoms with Crippen molar-refractivity contribution >= 4 is 73.8 Å². The number of fused-ring (bicyclic) bond motifs is 19. The van der Waals surface area contributed by atoms with Gasteiger partial charge in [-0.05, 0) is 170 Å². The van der Waals surface area contributed by atoms with E-state index in [1.54, 1.807) is 0 Å². The Morgan fingerprint density at radius 2 is 0.811 bits per heavy atom. The number of benzene rings is 10.